The van der Waals surface area contributed by atoms with Crippen LogP contribution in [0.4, 0.5) is 9.52 Å². The molecule has 4 aromatic rings. The molecule has 0 fully saturated rings. The van der Waals surface area contributed by atoms with Crippen LogP contribution in [0.25, 0.3) is 10.2 Å². The summed E-state index contributed by atoms with van der Waals surface area (Å²) in [7, 11) is 0. The normalized spacial score (nSPS) is 11.1. The summed E-state index contributed by atoms with van der Waals surface area (Å²) < 4.78 is 20.8. The minimum absolute atomic E-state index is 0.117. The number of carbonyl (C=O) groups excluding carboxylic acids is 1. The molecule has 0 aliphatic rings. The summed E-state index contributed by atoms with van der Waals surface area (Å²) in [6.45, 7) is 0.820. The maximum atomic E-state index is 13.4. The van der Waals surface area contributed by atoms with Crippen molar-refractivity contribution in [3.63, 3.8) is 0 Å². The lowest BCUT2D eigenvalue weighted by Gasteiger charge is -2.18. The predicted molar refractivity (Wildman–Crippen MR) is 90.0 cm³/mol. The van der Waals surface area contributed by atoms with E-state index in [9.17, 15) is 9.18 Å². The highest BCUT2D eigenvalue weighted by Gasteiger charge is 2.24. The number of rotatable bonds is 5. The third-order valence-electron chi connectivity index (χ3n) is 3.58. The Labute approximate surface area is 145 Å². The highest BCUT2D eigenvalue weighted by atomic mass is 32.1. The second-order valence-electron chi connectivity index (χ2n) is 5.21. The number of fused-ring (bicyclic) bond motifs is 1. The molecular formula is C16H12FN5O2S. The third-order valence-corrected chi connectivity index (χ3v) is 4.62. The first-order valence-corrected chi connectivity index (χ1v) is 8.28. The molecule has 9 heteroatoms. The van der Waals surface area contributed by atoms with Crippen LogP contribution in [0.2, 0.25) is 0 Å². The van der Waals surface area contributed by atoms with Crippen molar-refractivity contribution in [1.29, 1.82) is 0 Å². The highest BCUT2D eigenvalue weighted by molar-refractivity contribution is 7.22. The number of thiazole rings is 1. The van der Waals surface area contributed by atoms with Gasteiger partial charge in [-0.25, -0.2) is 9.37 Å². The van der Waals surface area contributed by atoms with Crippen LogP contribution in [-0.2, 0) is 6.54 Å². The molecule has 3 heterocycles. The number of benzene rings is 1. The van der Waals surface area contributed by atoms with Crippen LogP contribution in [0.5, 0.6) is 0 Å². The second kappa shape index (κ2) is 6.44. The van der Waals surface area contributed by atoms with E-state index in [0.717, 1.165) is 0 Å². The van der Waals surface area contributed by atoms with Gasteiger partial charge in [0, 0.05) is 25.0 Å². The summed E-state index contributed by atoms with van der Waals surface area (Å²) in [4.78, 5) is 18.7. The van der Waals surface area contributed by atoms with Gasteiger partial charge in [0.1, 0.15) is 5.82 Å². The lowest BCUT2D eigenvalue weighted by atomic mass is 10.3. The number of aromatic nitrogens is 4. The lowest BCUT2D eigenvalue weighted by molar-refractivity contribution is 0.0950. The van der Waals surface area contributed by atoms with Gasteiger partial charge in [0.15, 0.2) is 5.13 Å². The maximum absolute atomic E-state index is 13.4. The first-order chi connectivity index (χ1) is 12.2. The molecule has 1 amide bonds. The molecule has 126 valence electrons. The summed E-state index contributed by atoms with van der Waals surface area (Å²) in [5, 5.41) is 8.18. The summed E-state index contributed by atoms with van der Waals surface area (Å²) >= 11 is 1.24. The van der Waals surface area contributed by atoms with Gasteiger partial charge in [-0.1, -0.05) is 16.5 Å². The van der Waals surface area contributed by atoms with Gasteiger partial charge in [0.2, 0.25) is 5.76 Å². The fourth-order valence-electron chi connectivity index (χ4n) is 2.38. The molecule has 7 nitrogen and oxygen atoms in total. The Morgan fingerprint density at radius 1 is 1.32 bits per heavy atom. The van der Waals surface area contributed by atoms with E-state index in [-0.39, 0.29) is 17.5 Å². The van der Waals surface area contributed by atoms with E-state index < -0.39 is 0 Å². The highest BCUT2D eigenvalue weighted by Crippen LogP contribution is 2.30. The van der Waals surface area contributed by atoms with Gasteiger partial charge < -0.3 is 4.52 Å². The van der Waals surface area contributed by atoms with Crippen molar-refractivity contribution in [2.45, 2.75) is 6.54 Å². The standard InChI is InChI=1S/C16H12FN5O2S/c17-11-2-3-12-14(10-11)25-16(20-12)22(9-8-21-7-1-5-18-21)15(23)13-4-6-19-24-13/h1-7,10H,8-9H2. The van der Waals surface area contributed by atoms with Crippen molar-refractivity contribution in [3.8, 4) is 0 Å². The average Bonchev–Trinajstić information content (AvgIpc) is 3.36. The topological polar surface area (TPSA) is 77.0 Å². The molecule has 0 saturated carbocycles. The van der Waals surface area contributed by atoms with E-state index in [2.05, 4.69) is 15.2 Å². The van der Waals surface area contributed by atoms with Crippen molar-refractivity contribution in [2.75, 3.05) is 11.4 Å². The van der Waals surface area contributed by atoms with Crippen LogP contribution in [0, 0.1) is 5.82 Å². The number of carbonyl (C=O) groups is 1. The Bertz CT molecular complexity index is 997. The number of halogens is 1. The Kier molecular flexibility index (Phi) is 3.98. The molecule has 0 radical (unpaired) electrons. The number of hydrogen-bond acceptors (Lipinski definition) is 6. The van der Waals surface area contributed by atoms with Crippen molar-refractivity contribution >= 4 is 32.6 Å². The van der Waals surface area contributed by atoms with Crippen LogP contribution < -0.4 is 4.90 Å². The Balaban J connectivity index is 1.68. The third kappa shape index (κ3) is 3.13. The number of anilines is 1. The number of amides is 1. The van der Waals surface area contributed by atoms with E-state index in [1.54, 1.807) is 16.9 Å². The fourth-order valence-corrected chi connectivity index (χ4v) is 3.39. The molecule has 0 aliphatic carbocycles. The van der Waals surface area contributed by atoms with Gasteiger partial charge in [-0.15, -0.1) is 0 Å². The number of nitrogens with zero attached hydrogens (tertiary/aromatic N) is 5. The zero-order chi connectivity index (χ0) is 17.2. The fraction of sp³-hybridized carbons (Fsp3) is 0.125. The van der Waals surface area contributed by atoms with Gasteiger partial charge in [0.05, 0.1) is 23.0 Å². The van der Waals surface area contributed by atoms with E-state index >= 15 is 0 Å². The van der Waals surface area contributed by atoms with Crippen LogP contribution in [0.3, 0.4) is 0 Å². The first kappa shape index (κ1) is 15.5. The minimum atomic E-state index is -0.357. The molecule has 0 aliphatic heterocycles. The summed E-state index contributed by atoms with van der Waals surface area (Å²) in [6.07, 6.45) is 4.89. The molecule has 0 N–H and O–H groups in total. The summed E-state index contributed by atoms with van der Waals surface area (Å²) in [6, 6.07) is 7.65. The smallest absolute Gasteiger partial charge is 0.298 e. The van der Waals surface area contributed by atoms with Crippen LogP contribution in [-0.4, -0.2) is 32.4 Å². The zero-order valence-corrected chi connectivity index (χ0v) is 13.7. The Morgan fingerprint density at radius 2 is 2.24 bits per heavy atom. The molecule has 0 bridgehead atoms. The number of hydrogen-bond donors (Lipinski definition) is 0. The van der Waals surface area contributed by atoms with Gasteiger partial charge in [-0.3, -0.25) is 14.4 Å². The molecule has 0 saturated heterocycles. The van der Waals surface area contributed by atoms with Crippen molar-refractivity contribution in [3.05, 3.63) is 60.5 Å². The molecule has 0 atom stereocenters. The Hall–Kier alpha value is -3.07. The molecular weight excluding hydrogens is 345 g/mol. The second-order valence-corrected chi connectivity index (χ2v) is 6.22. The van der Waals surface area contributed by atoms with E-state index in [1.807, 2.05) is 12.3 Å². The van der Waals surface area contributed by atoms with E-state index in [0.29, 0.717) is 28.4 Å². The van der Waals surface area contributed by atoms with Gasteiger partial charge in [-0.2, -0.15) is 5.10 Å². The lowest BCUT2D eigenvalue weighted by Crippen LogP contribution is -2.33. The van der Waals surface area contributed by atoms with Crippen molar-refractivity contribution < 1.29 is 13.7 Å². The quantitative estimate of drug-likeness (QED) is 0.549. The Morgan fingerprint density at radius 3 is 3.00 bits per heavy atom. The first-order valence-electron chi connectivity index (χ1n) is 7.47. The monoisotopic (exact) mass is 357 g/mol. The molecule has 0 unspecified atom stereocenters. The predicted octanol–water partition coefficient (Wildman–Crippen LogP) is 2.97. The van der Waals surface area contributed by atoms with Gasteiger partial charge in [-0.05, 0) is 24.3 Å². The summed E-state index contributed by atoms with van der Waals surface area (Å²) in [5.74, 6) is -0.581. The van der Waals surface area contributed by atoms with Crippen LogP contribution in [0.15, 0.2) is 53.4 Å². The molecule has 0 spiro atoms. The van der Waals surface area contributed by atoms with Gasteiger partial charge >= 0.3 is 0 Å². The van der Waals surface area contributed by atoms with E-state index in [1.165, 1.54) is 40.6 Å². The van der Waals surface area contributed by atoms with Crippen molar-refractivity contribution in [2.24, 2.45) is 0 Å². The summed E-state index contributed by atoms with van der Waals surface area (Å²) in [5.41, 5.74) is 0.635. The average molecular weight is 357 g/mol. The van der Waals surface area contributed by atoms with Gasteiger partial charge in [0.25, 0.3) is 5.91 Å². The molecule has 3 aromatic heterocycles. The maximum Gasteiger partial charge on any atom is 0.298 e. The largest absolute Gasteiger partial charge is 0.351 e. The molecule has 25 heavy (non-hydrogen) atoms. The van der Waals surface area contributed by atoms with E-state index in [4.69, 9.17) is 4.52 Å². The molecule has 1 aromatic carbocycles. The zero-order valence-electron chi connectivity index (χ0n) is 12.9. The van der Waals surface area contributed by atoms with Crippen LogP contribution >= 0.6 is 11.3 Å². The van der Waals surface area contributed by atoms with Crippen LogP contribution in [0.1, 0.15) is 10.6 Å². The molecule has 4 rings (SSSR count). The minimum Gasteiger partial charge on any atom is -0.351 e. The SMILES string of the molecule is O=C(c1ccno1)N(CCn1cccn1)c1nc2ccc(F)cc2s1. The van der Waals surface area contributed by atoms with Crippen molar-refractivity contribution in [1.82, 2.24) is 19.9 Å².